The van der Waals surface area contributed by atoms with Crippen molar-refractivity contribution in [2.24, 2.45) is 0 Å². The Morgan fingerprint density at radius 3 is 2.88 bits per heavy atom. The maximum absolute atomic E-state index is 12.4. The number of nitrogens with one attached hydrogen (secondary N) is 1. The topological polar surface area (TPSA) is 73.2 Å². The molecule has 0 atom stereocenters. The Hall–Kier alpha value is -2.28. The molecule has 3 rings (SSSR count). The van der Waals surface area contributed by atoms with Gasteiger partial charge in [-0.05, 0) is 48.8 Å². The van der Waals surface area contributed by atoms with Gasteiger partial charge in [-0.3, -0.25) is 14.2 Å². The number of carbonyl (C=O) groups excluding carboxylic acids is 1. The molecule has 0 unspecified atom stereocenters. The van der Waals surface area contributed by atoms with Gasteiger partial charge in [-0.1, -0.05) is 17.8 Å². The monoisotopic (exact) mass is 359 g/mol. The number of rotatable bonds is 6. The molecule has 0 radical (unpaired) electrons. The SMILES string of the molecule is CSc1nc(Nc2ccc3c(c2)CCC3)cc(=O)n1CCOC(C)=O. The average molecular weight is 359 g/mol. The first-order chi connectivity index (χ1) is 12.1. The molecule has 0 spiro atoms. The smallest absolute Gasteiger partial charge is 0.302 e. The molecule has 1 aromatic heterocycles. The van der Waals surface area contributed by atoms with Crippen LogP contribution in [0.1, 0.15) is 24.5 Å². The summed E-state index contributed by atoms with van der Waals surface area (Å²) in [7, 11) is 0. The van der Waals surface area contributed by atoms with Crippen LogP contribution in [0.2, 0.25) is 0 Å². The number of benzene rings is 1. The molecule has 1 aliphatic carbocycles. The molecule has 2 aromatic rings. The van der Waals surface area contributed by atoms with E-state index in [1.165, 1.54) is 46.9 Å². The van der Waals surface area contributed by atoms with Gasteiger partial charge in [0.25, 0.3) is 5.56 Å². The fraction of sp³-hybridized carbons (Fsp3) is 0.389. The standard InChI is InChI=1S/C18H21N3O3S/c1-12(22)24-9-8-21-17(23)11-16(20-18(21)25-2)19-15-7-6-13-4-3-5-14(13)10-15/h6-7,10-11,19H,3-5,8-9H2,1-2H3. The number of aryl methyl sites for hydroxylation is 2. The number of esters is 1. The molecule has 1 N–H and O–H groups in total. The van der Waals surface area contributed by atoms with Crippen molar-refractivity contribution >= 4 is 29.2 Å². The van der Waals surface area contributed by atoms with Crippen LogP contribution in [0.25, 0.3) is 0 Å². The number of aromatic nitrogens is 2. The van der Waals surface area contributed by atoms with E-state index in [1.54, 1.807) is 0 Å². The molecule has 6 nitrogen and oxygen atoms in total. The van der Waals surface area contributed by atoms with Crippen molar-refractivity contribution in [3.63, 3.8) is 0 Å². The lowest BCUT2D eigenvalue weighted by Gasteiger charge is -2.13. The molecule has 25 heavy (non-hydrogen) atoms. The van der Waals surface area contributed by atoms with Gasteiger partial charge in [0.15, 0.2) is 5.16 Å². The zero-order valence-corrected chi connectivity index (χ0v) is 15.2. The molecule has 132 valence electrons. The summed E-state index contributed by atoms with van der Waals surface area (Å²) in [5.74, 6) is 0.164. The summed E-state index contributed by atoms with van der Waals surface area (Å²) in [6.07, 6.45) is 5.31. The van der Waals surface area contributed by atoms with E-state index in [9.17, 15) is 9.59 Å². The summed E-state index contributed by atoms with van der Waals surface area (Å²) in [5.41, 5.74) is 3.54. The van der Waals surface area contributed by atoms with Crippen LogP contribution < -0.4 is 10.9 Å². The molecule has 1 aliphatic rings. The van der Waals surface area contributed by atoms with Gasteiger partial charge >= 0.3 is 5.97 Å². The highest BCUT2D eigenvalue weighted by Crippen LogP contribution is 2.26. The van der Waals surface area contributed by atoms with Gasteiger partial charge in [-0.25, -0.2) is 4.98 Å². The third-order valence-electron chi connectivity index (χ3n) is 4.15. The number of nitrogens with zero attached hydrogens (tertiary/aromatic N) is 2. The van der Waals surface area contributed by atoms with E-state index in [-0.39, 0.29) is 18.1 Å². The van der Waals surface area contributed by atoms with E-state index in [4.69, 9.17) is 4.74 Å². The summed E-state index contributed by atoms with van der Waals surface area (Å²) < 4.78 is 6.43. The first-order valence-electron chi connectivity index (χ1n) is 8.25. The molecule has 1 aromatic carbocycles. The highest BCUT2D eigenvalue weighted by atomic mass is 32.2. The van der Waals surface area contributed by atoms with Gasteiger partial charge in [0.05, 0.1) is 6.54 Å². The zero-order valence-electron chi connectivity index (χ0n) is 14.4. The Morgan fingerprint density at radius 2 is 2.12 bits per heavy atom. The molecule has 7 heteroatoms. The molecule has 0 amide bonds. The van der Waals surface area contributed by atoms with Crippen molar-refractivity contribution in [2.45, 2.75) is 37.9 Å². The van der Waals surface area contributed by atoms with Crippen LogP contribution in [0.15, 0.2) is 34.2 Å². The third kappa shape index (κ3) is 4.22. The maximum Gasteiger partial charge on any atom is 0.302 e. The highest BCUT2D eigenvalue weighted by Gasteiger charge is 2.12. The third-order valence-corrected chi connectivity index (χ3v) is 4.82. The van der Waals surface area contributed by atoms with Gasteiger partial charge in [0.2, 0.25) is 0 Å². The molecule has 0 fully saturated rings. The van der Waals surface area contributed by atoms with Crippen molar-refractivity contribution in [1.29, 1.82) is 0 Å². The number of hydrogen-bond donors (Lipinski definition) is 1. The predicted molar refractivity (Wildman–Crippen MR) is 98.7 cm³/mol. The van der Waals surface area contributed by atoms with Crippen LogP contribution in [0, 0.1) is 0 Å². The Bertz CT molecular complexity index is 848. The number of hydrogen-bond acceptors (Lipinski definition) is 6. The second-order valence-electron chi connectivity index (χ2n) is 5.92. The largest absolute Gasteiger partial charge is 0.464 e. The van der Waals surface area contributed by atoms with Gasteiger partial charge in [0.1, 0.15) is 12.4 Å². The Labute approximate surface area is 150 Å². The maximum atomic E-state index is 12.4. The minimum absolute atomic E-state index is 0.155. The molecule has 1 heterocycles. The minimum Gasteiger partial charge on any atom is -0.464 e. The Morgan fingerprint density at radius 1 is 1.32 bits per heavy atom. The summed E-state index contributed by atoms with van der Waals surface area (Å²) in [5, 5.41) is 3.81. The number of fused-ring (bicyclic) bond motifs is 1. The Balaban J connectivity index is 1.79. The van der Waals surface area contributed by atoms with Gasteiger partial charge in [-0.2, -0.15) is 0 Å². The molecule has 0 saturated carbocycles. The van der Waals surface area contributed by atoms with Crippen molar-refractivity contribution in [3.8, 4) is 0 Å². The lowest BCUT2D eigenvalue weighted by Crippen LogP contribution is -2.25. The number of thioether (sulfide) groups is 1. The van der Waals surface area contributed by atoms with Crippen LogP contribution in [0.4, 0.5) is 11.5 Å². The van der Waals surface area contributed by atoms with Crippen molar-refractivity contribution in [2.75, 3.05) is 18.2 Å². The fourth-order valence-corrected chi connectivity index (χ4v) is 3.58. The van der Waals surface area contributed by atoms with E-state index >= 15 is 0 Å². The first-order valence-corrected chi connectivity index (χ1v) is 9.47. The summed E-state index contributed by atoms with van der Waals surface area (Å²) in [6.45, 7) is 1.79. The Kier molecular flexibility index (Phi) is 5.43. The van der Waals surface area contributed by atoms with Crippen molar-refractivity contribution in [1.82, 2.24) is 9.55 Å². The quantitative estimate of drug-likeness (QED) is 0.486. The van der Waals surface area contributed by atoms with Crippen LogP contribution in [0.5, 0.6) is 0 Å². The van der Waals surface area contributed by atoms with E-state index in [0.717, 1.165) is 18.5 Å². The number of anilines is 2. The van der Waals surface area contributed by atoms with Crippen molar-refractivity contribution in [3.05, 3.63) is 45.7 Å². The van der Waals surface area contributed by atoms with E-state index in [2.05, 4.69) is 22.4 Å². The molecule has 0 saturated heterocycles. The fourth-order valence-electron chi connectivity index (χ4n) is 2.99. The van der Waals surface area contributed by atoms with E-state index < -0.39 is 0 Å². The van der Waals surface area contributed by atoms with Crippen molar-refractivity contribution < 1.29 is 9.53 Å². The van der Waals surface area contributed by atoms with E-state index in [1.807, 2.05) is 12.3 Å². The summed E-state index contributed by atoms with van der Waals surface area (Å²) in [6, 6.07) is 7.77. The highest BCUT2D eigenvalue weighted by molar-refractivity contribution is 7.98. The molecular weight excluding hydrogens is 338 g/mol. The van der Waals surface area contributed by atoms with Crippen LogP contribution in [-0.2, 0) is 28.9 Å². The summed E-state index contributed by atoms with van der Waals surface area (Å²) >= 11 is 1.38. The molecular formula is C18H21N3O3S. The van der Waals surface area contributed by atoms with Crippen LogP contribution >= 0.6 is 11.8 Å². The minimum atomic E-state index is -0.360. The van der Waals surface area contributed by atoms with Gasteiger partial charge in [-0.15, -0.1) is 0 Å². The second kappa shape index (κ2) is 7.74. The summed E-state index contributed by atoms with van der Waals surface area (Å²) in [4.78, 5) is 27.8. The molecule has 0 aliphatic heterocycles. The van der Waals surface area contributed by atoms with Crippen LogP contribution in [-0.4, -0.2) is 28.4 Å². The number of carbonyl (C=O) groups is 1. The second-order valence-corrected chi connectivity index (χ2v) is 6.69. The van der Waals surface area contributed by atoms with Gasteiger partial charge in [0, 0.05) is 18.7 Å². The van der Waals surface area contributed by atoms with Crippen LogP contribution in [0.3, 0.4) is 0 Å². The normalized spacial score (nSPS) is 12.7. The molecule has 0 bridgehead atoms. The zero-order chi connectivity index (χ0) is 17.8. The predicted octanol–water partition coefficient (Wildman–Crippen LogP) is 2.76. The number of ether oxygens (including phenoxy) is 1. The average Bonchev–Trinajstić information content (AvgIpc) is 3.03. The lowest BCUT2D eigenvalue weighted by atomic mass is 10.1. The van der Waals surface area contributed by atoms with E-state index in [0.29, 0.717) is 17.5 Å². The van der Waals surface area contributed by atoms with Gasteiger partial charge < -0.3 is 10.1 Å². The lowest BCUT2D eigenvalue weighted by molar-refractivity contribution is -0.141. The first kappa shape index (κ1) is 17.5.